The lowest BCUT2D eigenvalue weighted by molar-refractivity contribution is 0.426. The van der Waals surface area contributed by atoms with Gasteiger partial charge in [-0.25, -0.2) is 0 Å². The summed E-state index contributed by atoms with van der Waals surface area (Å²) in [4.78, 5) is 29.1. The van der Waals surface area contributed by atoms with E-state index in [1.807, 2.05) is 61.5 Å². The van der Waals surface area contributed by atoms with E-state index in [2.05, 4.69) is 54.1 Å². The van der Waals surface area contributed by atoms with Gasteiger partial charge < -0.3 is 20.0 Å². The zero-order valence-corrected chi connectivity index (χ0v) is 26.1. The summed E-state index contributed by atoms with van der Waals surface area (Å²) in [6.45, 7) is 7.80. The number of aromatic nitrogens is 2. The predicted molar refractivity (Wildman–Crippen MR) is 184 cm³/mol. The highest BCUT2D eigenvalue weighted by atomic mass is 35.5. The van der Waals surface area contributed by atoms with Gasteiger partial charge in [0.25, 0.3) is 11.1 Å². The van der Waals surface area contributed by atoms with Crippen LogP contribution in [0.5, 0.6) is 0 Å². The van der Waals surface area contributed by atoms with Gasteiger partial charge in [-0.05, 0) is 66.5 Å². The molecule has 0 aliphatic rings. The van der Waals surface area contributed by atoms with Gasteiger partial charge in [0, 0.05) is 32.9 Å². The number of hydrogen-bond acceptors (Lipinski definition) is 4. The fraction of sp³-hybridized carbons (Fsp3) is 0.167. The first kappa shape index (κ1) is 32.5. The number of rotatable bonds is 4. The Bertz CT molecular complexity index is 1980. The minimum absolute atomic E-state index is 0.0155. The number of pyridine rings is 2. The summed E-state index contributed by atoms with van der Waals surface area (Å²) in [6, 6.07) is 31.1. The van der Waals surface area contributed by atoms with Gasteiger partial charge in [0.2, 0.25) is 0 Å². The molecule has 0 spiro atoms. The molecule has 4 N–H and O–H groups in total. The number of H-pyrrole nitrogens is 2. The molecule has 6 aromatic rings. The molecule has 2 heterocycles. The predicted octanol–water partition coefficient (Wildman–Crippen LogP) is 6.48. The van der Waals surface area contributed by atoms with Crippen molar-refractivity contribution in [1.29, 1.82) is 0 Å². The average Bonchev–Trinajstić information content (AvgIpc) is 3.05. The maximum atomic E-state index is 12.1. The lowest BCUT2D eigenvalue weighted by Gasteiger charge is -2.10. The number of nitrogens with one attached hydrogen (secondary N) is 2. The van der Waals surface area contributed by atoms with Crippen LogP contribution < -0.4 is 16.6 Å². The Balaban J connectivity index is 0.000000160. The van der Waals surface area contributed by atoms with Crippen molar-refractivity contribution in [2.45, 2.75) is 40.5 Å². The van der Waals surface area contributed by atoms with Crippen molar-refractivity contribution >= 4 is 46.0 Å². The summed E-state index contributed by atoms with van der Waals surface area (Å²) in [6.07, 6.45) is 2.00. The number of aromatic amines is 2. The molecule has 0 radical (unpaired) electrons. The normalized spacial score (nSPS) is 10.5. The van der Waals surface area contributed by atoms with Crippen LogP contribution in [-0.4, -0.2) is 27.1 Å². The number of benzene rings is 4. The molecule has 0 saturated heterocycles. The fourth-order valence-electron chi connectivity index (χ4n) is 4.85. The maximum absolute atomic E-state index is 12.1. The summed E-state index contributed by atoms with van der Waals surface area (Å²) >= 11 is 6.01. The van der Waals surface area contributed by atoms with Gasteiger partial charge in [-0.1, -0.05) is 110 Å². The van der Waals surface area contributed by atoms with E-state index in [-0.39, 0.29) is 11.1 Å². The van der Waals surface area contributed by atoms with Crippen LogP contribution in [0.15, 0.2) is 107 Å². The van der Waals surface area contributed by atoms with E-state index in [1.54, 1.807) is 19.1 Å². The molecule has 2 aromatic heterocycles. The second kappa shape index (κ2) is 14.8. The molecular formula is C36H36BClN2O4. The summed E-state index contributed by atoms with van der Waals surface area (Å²) in [5.74, 6) is 0. The van der Waals surface area contributed by atoms with Crippen molar-refractivity contribution in [2.24, 2.45) is 0 Å². The topological polar surface area (TPSA) is 106 Å². The zero-order chi connectivity index (χ0) is 31.8. The van der Waals surface area contributed by atoms with Crippen molar-refractivity contribution < 1.29 is 10.0 Å². The van der Waals surface area contributed by atoms with Gasteiger partial charge >= 0.3 is 7.12 Å². The molecule has 0 unspecified atom stereocenters. The Labute approximate surface area is 262 Å². The Morgan fingerprint density at radius 1 is 0.636 bits per heavy atom. The minimum Gasteiger partial charge on any atom is -0.423 e. The highest BCUT2D eigenvalue weighted by molar-refractivity contribution is 6.58. The molecule has 0 saturated carbocycles. The van der Waals surface area contributed by atoms with Gasteiger partial charge in [-0.15, -0.1) is 0 Å². The SMILES string of the molecule is CCc1ccc(-c2c(C)c(=O)[nH]c3ccccc23)cc1.CCc1ccc(B(O)O)cc1.Cc1c(Cl)c2ccccc2[nH]c1=O. The summed E-state index contributed by atoms with van der Waals surface area (Å²) in [5, 5.41) is 20.0. The first-order valence-electron chi connectivity index (χ1n) is 14.6. The lowest BCUT2D eigenvalue weighted by atomic mass is 9.80. The van der Waals surface area contributed by atoms with Crippen molar-refractivity contribution in [2.75, 3.05) is 0 Å². The van der Waals surface area contributed by atoms with Crippen LogP contribution in [0.25, 0.3) is 32.9 Å². The Hall–Kier alpha value is -4.43. The van der Waals surface area contributed by atoms with Crippen LogP contribution in [-0.2, 0) is 12.8 Å². The van der Waals surface area contributed by atoms with E-state index in [0.29, 0.717) is 16.0 Å². The van der Waals surface area contributed by atoms with Crippen LogP contribution in [0.3, 0.4) is 0 Å². The molecule has 0 atom stereocenters. The second-order valence-corrected chi connectivity index (χ2v) is 10.8. The average molecular weight is 607 g/mol. The number of fused-ring (bicyclic) bond motifs is 2. The van der Waals surface area contributed by atoms with Crippen LogP contribution in [0.2, 0.25) is 5.02 Å². The molecule has 0 amide bonds. The molecule has 0 bridgehead atoms. The highest BCUT2D eigenvalue weighted by Crippen LogP contribution is 2.29. The second-order valence-electron chi connectivity index (χ2n) is 10.5. The Morgan fingerprint density at radius 2 is 1.09 bits per heavy atom. The quantitative estimate of drug-likeness (QED) is 0.172. The largest absolute Gasteiger partial charge is 0.488 e. The van der Waals surface area contributed by atoms with Crippen molar-refractivity contribution in [3.05, 3.63) is 145 Å². The van der Waals surface area contributed by atoms with Gasteiger partial charge in [-0.2, -0.15) is 0 Å². The van der Waals surface area contributed by atoms with E-state index >= 15 is 0 Å². The molecular weight excluding hydrogens is 571 g/mol. The van der Waals surface area contributed by atoms with Crippen LogP contribution in [0.4, 0.5) is 0 Å². The summed E-state index contributed by atoms with van der Waals surface area (Å²) in [7, 11) is -1.35. The minimum atomic E-state index is -1.35. The summed E-state index contributed by atoms with van der Waals surface area (Å²) < 4.78 is 0. The third-order valence-electron chi connectivity index (χ3n) is 7.58. The van der Waals surface area contributed by atoms with E-state index in [0.717, 1.165) is 51.3 Å². The number of aryl methyl sites for hydroxylation is 2. The van der Waals surface area contributed by atoms with E-state index in [1.165, 1.54) is 11.1 Å². The molecule has 0 aliphatic carbocycles. The number of para-hydroxylation sites is 2. The summed E-state index contributed by atoms with van der Waals surface area (Å²) in [5.41, 5.74) is 8.06. The molecule has 8 heteroatoms. The first-order valence-corrected chi connectivity index (χ1v) is 14.9. The van der Waals surface area contributed by atoms with Crippen molar-refractivity contribution in [3.8, 4) is 11.1 Å². The monoisotopic (exact) mass is 606 g/mol. The Morgan fingerprint density at radius 3 is 1.61 bits per heavy atom. The number of hydrogen-bond donors (Lipinski definition) is 4. The van der Waals surface area contributed by atoms with Crippen molar-refractivity contribution in [3.63, 3.8) is 0 Å². The van der Waals surface area contributed by atoms with E-state index < -0.39 is 7.12 Å². The third kappa shape index (κ3) is 7.55. The van der Waals surface area contributed by atoms with Crippen LogP contribution in [0.1, 0.15) is 36.1 Å². The maximum Gasteiger partial charge on any atom is 0.488 e. The zero-order valence-electron chi connectivity index (χ0n) is 25.3. The van der Waals surface area contributed by atoms with Gasteiger partial charge in [0.1, 0.15) is 0 Å². The first-order chi connectivity index (χ1) is 21.1. The number of halogens is 1. The highest BCUT2D eigenvalue weighted by Gasteiger charge is 2.11. The molecule has 6 nitrogen and oxygen atoms in total. The molecule has 0 aliphatic heterocycles. The van der Waals surface area contributed by atoms with Gasteiger partial charge in [0.15, 0.2) is 0 Å². The molecule has 4 aromatic carbocycles. The molecule has 44 heavy (non-hydrogen) atoms. The fourth-order valence-corrected chi connectivity index (χ4v) is 5.10. The standard InChI is InChI=1S/C18H17NO.C10H8ClNO.C8H11BO2/c1-3-13-8-10-14(11-9-13)17-12(2)18(20)19-16-7-5-4-6-15(16)17;1-6-9(11)7-4-2-3-5-8(7)12-10(6)13;1-2-7-3-5-8(6-4-7)9(10)11/h4-11H,3H2,1-2H3,(H,19,20);2-5H,1H3,(H,12,13);3-6,10-11H,2H2,1H3. The van der Waals surface area contributed by atoms with Crippen LogP contribution >= 0.6 is 11.6 Å². The molecule has 0 fully saturated rings. The van der Waals surface area contributed by atoms with Gasteiger partial charge in [-0.3, -0.25) is 9.59 Å². The van der Waals surface area contributed by atoms with Gasteiger partial charge in [0.05, 0.1) is 5.02 Å². The van der Waals surface area contributed by atoms with Crippen LogP contribution in [0, 0.1) is 13.8 Å². The van der Waals surface area contributed by atoms with Crippen molar-refractivity contribution in [1.82, 2.24) is 9.97 Å². The third-order valence-corrected chi connectivity index (χ3v) is 8.07. The Kier molecular flexibility index (Phi) is 11.0. The molecule has 224 valence electrons. The molecule has 6 rings (SSSR count). The smallest absolute Gasteiger partial charge is 0.423 e. The van der Waals surface area contributed by atoms with E-state index in [9.17, 15) is 9.59 Å². The van der Waals surface area contributed by atoms with E-state index in [4.69, 9.17) is 21.6 Å². The lowest BCUT2D eigenvalue weighted by Crippen LogP contribution is -2.29.